The topological polar surface area (TPSA) is 50.4 Å². The van der Waals surface area contributed by atoms with Gasteiger partial charge >= 0.3 is 6.09 Å². The lowest BCUT2D eigenvalue weighted by Gasteiger charge is -2.22. The van der Waals surface area contributed by atoms with Crippen LogP contribution in [0.4, 0.5) is 10.5 Å². The molecule has 1 aromatic carbocycles. The summed E-state index contributed by atoms with van der Waals surface area (Å²) in [4.78, 5) is 11.8. The molecule has 1 aromatic rings. The van der Waals surface area contributed by atoms with Crippen molar-refractivity contribution in [3.63, 3.8) is 0 Å². The Morgan fingerprint density at radius 2 is 1.86 bits per heavy atom. The van der Waals surface area contributed by atoms with Crippen LogP contribution in [0, 0.1) is 13.8 Å². The van der Waals surface area contributed by atoms with E-state index < -0.39 is 5.60 Å². The van der Waals surface area contributed by atoms with Crippen molar-refractivity contribution in [3.05, 3.63) is 29.3 Å². The highest BCUT2D eigenvalue weighted by molar-refractivity contribution is 5.68. The second kappa shape index (κ2) is 6.59. The Kier molecular flexibility index (Phi) is 4.99. The van der Waals surface area contributed by atoms with Gasteiger partial charge in [-0.15, -0.1) is 0 Å². The average Bonchev–Trinajstić information content (AvgIpc) is 2.78. The van der Waals surface area contributed by atoms with Gasteiger partial charge in [0.2, 0.25) is 0 Å². The largest absolute Gasteiger partial charge is 0.444 e. The van der Waals surface area contributed by atoms with Gasteiger partial charge in [0.05, 0.1) is 0 Å². The summed E-state index contributed by atoms with van der Waals surface area (Å²) in [5.74, 6) is 0. The minimum atomic E-state index is -0.445. The molecule has 1 amide bonds. The number of alkyl carbamates (subject to hydrolysis) is 1. The smallest absolute Gasteiger partial charge is 0.407 e. The number of ether oxygens (including phenoxy) is 1. The fourth-order valence-corrected chi connectivity index (χ4v) is 2.83. The van der Waals surface area contributed by atoms with Crippen molar-refractivity contribution >= 4 is 11.8 Å². The molecule has 1 fully saturated rings. The standard InChI is InChI=1S/C18H28N2O2/c1-12-6-7-13(2)16(10-12)19-14-8-9-15(11-14)20-17(21)22-18(3,4)5/h6-7,10,14-15,19H,8-9,11H2,1-5H3,(H,20,21). The molecule has 2 unspecified atom stereocenters. The number of hydrogen-bond acceptors (Lipinski definition) is 3. The van der Waals surface area contributed by atoms with E-state index in [4.69, 9.17) is 4.74 Å². The van der Waals surface area contributed by atoms with Crippen LogP contribution in [0.1, 0.15) is 51.2 Å². The Morgan fingerprint density at radius 1 is 1.18 bits per heavy atom. The summed E-state index contributed by atoms with van der Waals surface area (Å²) >= 11 is 0. The molecule has 0 heterocycles. The van der Waals surface area contributed by atoms with Gasteiger partial charge in [0.1, 0.15) is 5.60 Å². The summed E-state index contributed by atoms with van der Waals surface area (Å²) in [6.07, 6.45) is 2.67. The van der Waals surface area contributed by atoms with Gasteiger partial charge in [-0.1, -0.05) is 12.1 Å². The predicted octanol–water partition coefficient (Wildman–Crippen LogP) is 4.16. The van der Waals surface area contributed by atoms with Crippen LogP contribution in [0.2, 0.25) is 0 Å². The quantitative estimate of drug-likeness (QED) is 0.881. The van der Waals surface area contributed by atoms with E-state index >= 15 is 0 Å². The molecule has 0 spiro atoms. The highest BCUT2D eigenvalue weighted by atomic mass is 16.6. The fraction of sp³-hybridized carbons (Fsp3) is 0.611. The third-order valence-corrected chi connectivity index (χ3v) is 3.91. The first kappa shape index (κ1) is 16.7. The van der Waals surface area contributed by atoms with Crippen LogP contribution in [0.3, 0.4) is 0 Å². The number of carbonyl (C=O) groups is 1. The molecule has 4 nitrogen and oxygen atoms in total. The lowest BCUT2D eigenvalue weighted by Crippen LogP contribution is -2.38. The molecule has 1 saturated carbocycles. The highest BCUT2D eigenvalue weighted by Gasteiger charge is 2.27. The van der Waals surface area contributed by atoms with Crippen LogP contribution in [0.15, 0.2) is 18.2 Å². The van der Waals surface area contributed by atoms with Crippen molar-refractivity contribution in [1.29, 1.82) is 0 Å². The Balaban J connectivity index is 1.85. The van der Waals surface area contributed by atoms with Gasteiger partial charge in [-0.05, 0) is 71.1 Å². The van der Waals surface area contributed by atoms with Gasteiger partial charge in [0.15, 0.2) is 0 Å². The van der Waals surface area contributed by atoms with E-state index in [-0.39, 0.29) is 12.1 Å². The maximum atomic E-state index is 11.8. The summed E-state index contributed by atoms with van der Waals surface area (Å²) in [7, 11) is 0. The van der Waals surface area contributed by atoms with Crippen molar-refractivity contribution in [1.82, 2.24) is 5.32 Å². The lowest BCUT2D eigenvalue weighted by molar-refractivity contribution is 0.0505. The lowest BCUT2D eigenvalue weighted by atomic mass is 10.1. The van der Waals surface area contributed by atoms with Gasteiger partial charge in [-0.25, -0.2) is 4.79 Å². The average molecular weight is 304 g/mol. The Bertz CT molecular complexity index is 534. The molecular weight excluding hydrogens is 276 g/mol. The van der Waals surface area contributed by atoms with Gasteiger partial charge in [0.25, 0.3) is 0 Å². The molecule has 0 bridgehead atoms. The Labute approximate surface area is 133 Å². The maximum absolute atomic E-state index is 11.8. The van der Waals surface area contributed by atoms with Crippen LogP contribution in [-0.2, 0) is 4.74 Å². The number of anilines is 1. The van der Waals surface area contributed by atoms with Crippen LogP contribution in [0.5, 0.6) is 0 Å². The SMILES string of the molecule is Cc1ccc(C)c(NC2CCC(NC(=O)OC(C)(C)C)C2)c1. The van der Waals surface area contributed by atoms with E-state index in [0.29, 0.717) is 6.04 Å². The van der Waals surface area contributed by atoms with Crippen LogP contribution in [0.25, 0.3) is 0 Å². The number of amides is 1. The normalized spacial score (nSPS) is 21.5. The summed E-state index contributed by atoms with van der Waals surface area (Å²) in [5.41, 5.74) is 3.27. The molecule has 0 radical (unpaired) electrons. The first-order valence-electron chi connectivity index (χ1n) is 8.06. The molecule has 2 atom stereocenters. The minimum absolute atomic E-state index is 0.192. The molecule has 2 N–H and O–H groups in total. The van der Waals surface area contributed by atoms with Crippen molar-refractivity contribution in [2.75, 3.05) is 5.32 Å². The second-order valence-electron chi connectivity index (χ2n) is 7.32. The van der Waals surface area contributed by atoms with E-state index in [1.807, 2.05) is 20.8 Å². The Morgan fingerprint density at radius 3 is 2.55 bits per heavy atom. The molecule has 0 saturated heterocycles. The summed E-state index contributed by atoms with van der Waals surface area (Å²) in [6.45, 7) is 9.86. The fourth-order valence-electron chi connectivity index (χ4n) is 2.83. The summed E-state index contributed by atoms with van der Waals surface area (Å²) in [5, 5.41) is 6.59. The summed E-state index contributed by atoms with van der Waals surface area (Å²) in [6, 6.07) is 7.05. The molecule has 4 heteroatoms. The third-order valence-electron chi connectivity index (χ3n) is 3.91. The van der Waals surface area contributed by atoms with Crippen molar-refractivity contribution in [2.45, 2.75) is 71.6 Å². The van der Waals surface area contributed by atoms with E-state index in [0.717, 1.165) is 19.3 Å². The van der Waals surface area contributed by atoms with Crippen LogP contribution < -0.4 is 10.6 Å². The van der Waals surface area contributed by atoms with E-state index in [2.05, 4.69) is 42.7 Å². The molecule has 22 heavy (non-hydrogen) atoms. The van der Waals surface area contributed by atoms with Crippen molar-refractivity contribution in [2.24, 2.45) is 0 Å². The maximum Gasteiger partial charge on any atom is 0.407 e. The zero-order valence-electron chi connectivity index (χ0n) is 14.3. The monoisotopic (exact) mass is 304 g/mol. The van der Waals surface area contributed by atoms with Crippen molar-refractivity contribution < 1.29 is 9.53 Å². The first-order valence-corrected chi connectivity index (χ1v) is 8.06. The molecule has 0 aliphatic heterocycles. The van der Waals surface area contributed by atoms with Gasteiger partial charge in [-0.3, -0.25) is 0 Å². The highest BCUT2D eigenvalue weighted by Crippen LogP contribution is 2.25. The van der Waals surface area contributed by atoms with E-state index in [1.54, 1.807) is 0 Å². The summed E-state index contributed by atoms with van der Waals surface area (Å²) < 4.78 is 5.32. The first-order chi connectivity index (χ1) is 10.2. The number of hydrogen-bond donors (Lipinski definition) is 2. The van der Waals surface area contributed by atoms with Gasteiger partial charge < -0.3 is 15.4 Å². The number of aryl methyl sites for hydroxylation is 2. The van der Waals surface area contributed by atoms with Gasteiger partial charge in [0, 0.05) is 17.8 Å². The molecular formula is C18H28N2O2. The Hall–Kier alpha value is -1.71. The number of nitrogens with one attached hydrogen (secondary N) is 2. The number of benzene rings is 1. The van der Waals surface area contributed by atoms with Gasteiger partial charge in [-0.2, -0.15) is 0 Å². The minimum Gasteiger partial charge on any atom is -0.444 e. The van der Waals surface area contributed by atoms with Crippen LogP contribution in [-0.4, -0.2) is 23.8 Å². The second-order valence-corrected chi connectivity index (χ2v) is 7.32. The van der Waals surface area contributed by atoms with E-state index in [9.17, 15) is 4.79 Å². The third kappa shape index (κ3) is 4.93. The zero-order valence-corrected chi connectivity index (χ0v) is 14.3. The number of rotatable bonds is 3. The number of carbonyl (C=O) groups excluding carboxylic acids is 1. The molecule has 2 rings (SSSR count). The van der Waals surface area contributed by atoms with E-state index in [1.165, 1.54) is 16.8 Å². The molecule has 1 aliphatic rings. The zero-order chi connectivity index (χ0) is 16.3. The molecule has 0 aromatic heterocycles. The van der Waals surface area contributed by atoms with Crippen LogP contribution >= 0.6 is 0 Å². The van der Waals surface area contributed by atoms with Crippen molar-refractivity contribution in [3.8, 4) is 0 Å². The molecule has 122 valence electrons. The predicted molar refractivity (Wildman–Crippen MR) is 90.3 cm³/mol. The molecule has 1 aliphatic carbocycles.